The van der Waals surface area contributed by atoms with Gasteiger partial charge in [-0.05, 0) is 46.8 Å². The Labute approximate surface area is 231 Å². The van der Waals surface area contributed by atoms with Crippen molar-refractivity contribution >= 4 is 10.8 Å². The predicted octanol–water partition coefficient (Wildman–Crippen LogP) is 6.11. The van der Waals surface area contributed by atoms with Crippen LogP contribution >= 0.6 is 0 Å². The van der Waals surface area contributed by atoms with E-state index in [0.29, 0.717) is 29.4 Å². The first-order valence-electron chi connectivity index (χ1n) is 11.4. The molecule has 186 valence electrons. The number of aliphatic hydroxyl groups is 1. The number of benzene rings is 3. The molecule has 0 unspecified atom stereocenters. The minimum absolute atomic E-state index is 0. The van der Waals surface area contributed by atoms with Crippen molar-refractivity contribution in [3.05, 3.63) is 109 Å². The summed E-state index contributed by atoms with van der Waals surface area (Å²) in [6.45, 7) is 2.38. The number of aliphatic hydroxyl groups excluding tert-OH is 1. The van der Waals surface area contributed by atoms with Gasteiger partial charge in [0.1, 0.15) is 6.11 Å². The van der Waals surface area contributed by atoms with Crippen LogP contribution in [0.5, 0.6) is 11.5 Å². The number of rotatable bonds is 6. The second kappa shape index (κ2) is 13.9. The van der Waals surface area contributed by atoms with E-state index in [2.05, 4.69) is 40.3 Å². The quantitative estimate of drug-likeness (QED) is 0.175. The molecular weight excluding hydrogens is 643 g/mol. The van der Waals surface area contributed by atoms with Crippen LogP contribution in [0.1, 0.15) is 12.5 Å². The zero-order valence-electron chi connectivity index (χ0n) is 20.1. The van der Waals surface area contributed by atoms with Crippen molar-refractivity contribution in [1.82, 2.24) is 9.97 Å². The summed E-state index contributed by atoms with van der Waals surface area (Å²) in [5, 5.41) is 11.6. The summed E-state index contributed by atoms with van der Waals surface area (Å²) >= 11 is 0. The normalized spacial score (nSPS) is 9.86. The predicted molar refractivity (Wildman–Crippen MR) is 141 cm³/mol. The van der Waals surface area contributed by atoms with Crippen LogP contribution in [-0.4, -0.2) is 21.7 Å². The molecule has 5 nitrogen and oxygen atoms in total. The third kappa shape index (κ3) is 7.04. The summed E-state index contributed by atoms with van der Waals surface area (Å²) in [6, 6.07) is 31.4. The molecule has 0 aliphatic heterocycles. The third-order valence-corrected chi connectivity index (χ3v) is 5.26. The first-order valence-corrected chi connectivity index (χ1v) is 11.4. The van der Waals surface area contributed by atoms with E-state index in [1.807, 2.05) is 55.6 Å². The molecule has 0 saturated carbocycles. The number of fused-ring (bicyclic) bond motifs is 1. The number of nitrogens with zero attached hydrogens (tertiary/aromatic N) is 2. The molecule has 6 heteroatoms. The maximum absolute atomic E-state index is 9.17. The summed E-state index contributed by atoms with van der Waals surface area (Å²) in [7, 11) is 0. The van der Waals surface area contributed by atoms with Gasteiger partial charge in [0.2, 0.25) is 0 Å². The summed E-state index contributed by atoms with van der Waals surface area (Å²) < 4.78 is 10.6. The van der Waals surface area contributed by atoms with Gasteiger partial charge in [0.05, 0.1) is 19.0 Å². The molecule has 0 amide bonds. The van der Waals surface area contributed by atoms with E-state index < -0.39 is 0 Å². The van der Waals surface area contributed by atoms with E-state index in [1.54, 1.807) is 30.5 Å². The smallest absolute Gasteiger partial charge is 0.537 e. The Hall–Kier alpha value is -3.97. The molecular formula is C31H24N2O3Pt. The van der Waals surface area contributed by atoms with Crippen molar-refractivity contribution in [2.75, 3.05) is 6.61 Å². The van der Waals surface area contributed by atoms with Crippen LogP contribution in [0.25, 0.3) is 33.3 Å². The largest absolute Gasteiger partial charge is 2.00 e. The van der Waals surface area contributed by atoms with Crippen molar-refractivity contribution in [2.45, 2.75) is 13.5 Å². The molecule has 1 N–H and O–H groups in total. The second-order valence-electron chi connectivity index (χ2n) is 7.59. The van der Waals surface area contributed by atoms with Gasteiger partial charge in [0.25, 0.3) is 0 Å². The van der Waals surface area contributed by atoms with E-state index >= 15 is 0 Å². The molecule has 0 atom stereocenters. The molecule has 0 saturated heterocycles. The molecule has 5 aromatic rings. The van der Waals surface area contributed by atoms with Crippen LogP contribution in [0.2, 0.25) is 0 Å². The van der Waals surface area contributed by atoms with Crippen LogP contribution < -0.4 is 9.47 Å². The number of terminal acetylenes is 1. The number of pyridine rings is 2. The number of hydrogen-bond acceptors (Lipinski definition) is 5. The fourth-order valence-corrected chi connectivity index (χ4v) is 3.64. The number of aromatic nitrogens is 2. The molecule has 0 radical (unpaired) electrons. The molecule has 2 aromatic heterocycles. The Morgan fingerprint density at radius 2 is 1.78 bits per heavy atom. The van der Waals surface area contributed by atoms with Gasteiger partial charge < -0.3 is 24.5 Å². The molecule has 0 bridgehead atoms. The van der Waals surface area contributed by atoms with Gasteiger partial charge in [-0.1, -0.05) is 48.4 Å². The van der Waals surface area contributed by atoms with Gasteiger partial charge in [-0.2, -0.15) is 0 Å². The van der Waals surface area contributed by atoms with Crippen LogP contribution in [0.15, 0.2) is 91.3 Å². The molecule has 0 aliphatic rings. The zero-order chi connectivity index (χ0) is 25.2. The minimum Gasteiger partial charge on any atom is -0.537 e. The Kier molecular flexibility index (Phi) is 10.4. The molecule has 2 heterocycles. The van der Waals surface area contributed by atoms with E-state index in [-0.39, 0.29) is 27.7 Å². The molecule has 0 spiro atoms. The van der Waals surface area contributed by atoms with E-state index in [1.165, 1.54) is 10.8 Å². The Morgan fingerprint density at radius 3 is 2.54 bits per heavy atom. The third-order valence-electron chi connectivity index (χ3n) is 5.26. The molecule has 0 aliphatic carbocycles. The van der Waals surface area contributed by atoms with Gasteiger partial charge in [-0.15, -0.1) is 48.0 Å². The molecule has 3 aromatic carbocycles. The maximum Gasteiger partial charge on any atom is 2.00 e. The topological polar surface area (TPSA) is 64.5 Å². The average Bonchev–Trinajstić information content (AvgIpc) is 2.94. The standard InChI is InChI=1S/C16H14NO3.C15H10N.Pt/c1-3-19-13-5-6-14(16(10-13)20-4-2)15-9-12(11-18)7-8-17-15;1-2-7-13(8-3-1)15-14-9-5-4-6-12(14)10-11-16-15;/h2,5,7-10,18H,3,11H2,1H3;1-7,9-11H;/q2*-1;+2. The fourth-order valence-electron chi connectivity index (χ4n) is 3.64. The Morgan fingerprint density at radius 1 is 0.973 bits per heavy atom. The van der Waals surface area contributed by atoms with Gasteiger partial charge in [-0.3, -0.25) is 0 Å². The second-order valence-corrected chi connectivity index (χ2v) is 7.59. The van der Waals surface area contributed by atoms with E-state index in [9.17, 15) is 5.11 Å². The van der Waals surface area contributed by atoms with Crippen LogP contribution in [-0.2, 0) is 27.7 Å². The van der Waals surface area contributed by atoms with Crippen molar-refractivity contribution in [3.63, 3.8) is 0 Å². The zero-order valence-corrected chi connectivity index (χ0v) is 22.4. The Balaban J connectivity index is 0.000000204. The monoisotopic (exact) mass is 667 g/mol. The number of ether oxygens (including phenoxy) is 2. The Bertz CT molecular complexity index is 1480. The SMILES string of the molecule is C#COc1cc(OCC)c[c-]c1-c1cc(CO)ccn1.[Pt+2].[c-]1ccccc1-c1nccc2ccccc12. The molecule has 5 rings (SSSR count). The summed E-state index contributed by atoms with van der Waals surface area (Å²) in [4.78, 5) is 8.69. The van der Waals surface area contributed by atoms with Crippen molar-refractivity contribution in [3.8, 4) is 46.5 Å². The molecule has 37 heavy (non-hydrogen) atoms. The summed E-state index contributed by atoms with van der Waals surface area (Å²) in [5.41, 5.74) is 4.05. The summed E-state index contributed by atoms with van der Waals surface area (Å²) in [5.74, 6) is 1.07. The van der Waals surface area contributed by atoms with E-state index in [0.717, 1.165) is 16.8 Å². The van der Waals surface area contributed by atoms with Gasteiger partial charge in [-0.25, -0.2) is 0 Å². The van der Waals surface area contributed by atoms with Crippen LogP contribution in [0.3, 0.4) is 0 Å². The minimum atomic E-state index is -0.0577. The van der Waals surface area contributed by atoms with Crippen molar-refractivity contribution in [1.29, 1.82) is 0 Å². The van der Waals surface area contributed by atoms with Crippen LogP contribution in [0.4, 0.5) is 0 Å². The van der Waals surface area contributed by atoms with Gasteiger partial charge in [0, 0.05) is 18.1 Å². The average molecular weight is 668 g/mol. The maximum atomic E-state index is 9.17. The van der Waals surface area contributed by atoms with Crippen molar-refractivity contribution < 1.29 is 35.6 Å². The number of hydrogen-bond donors (Lipinski definition) is 1. The van der Waals surface area contributed by atoms with Crippen molar-refractivity contribution in [2.24, 2.45) is 0 Å². The molecule has 0 fully saturated rings. The van der Waals surface area contributed by atoms with E-state index in [4.69, 9.17) is 15.9 Å². The first-order chi connectivity index (χ1) is 17.7. The fraction of sp³-hybridized carbons (Fsp3) is 0.0968. The first kappa shape index (κ1) is 27.6. The summed E-state index contributed by atoms with van der Waals surface area (Å²) in [6.07, 6.45) is 10.8. The van der Waals surface area contributed by atoms with Gasteiger partial charge in [0.15, 0.2) is 0 Å². The van der Waals surface area contributed by atoms with Crippen LogP contribution in [0, 0.1) is 24.7 Å². The van der Waals surface area contributed by atoms with Gasteiger partial charge >= 0.3 is 21.1 Å².